The molecule has 18 heavy (non-hydrogen) atoms. The largest absolute Gasteiger partial charge is 0.340 e. The SMILES string of the molecule is C=C1C(I)=CC(C)=C(c2ccccc2)N1CCC. The van der Waals surface area contributed by atoms with E-state index >= 15 is 0 Å². The van der Waals surface area contributed by atoms with E-state index in [4.69, 9.17) is 0 Å². The molecule has 0 unspecified atom stereocenters. The third-order valence-corrected chi connectivity index (χ3v) is 4.02. The van der Waals surface area contributed by atoms with E-state index in [-0.39, 0.29) is 0 Å². The fourth-order valence-corrected chi connectivity index (χ4v) is 3.03. The highest BCUT2D eigenvalue weighted by molar-refractivity contribution is 14.1. The van der Waals surface area contributed by atoms with Crippen LogP contribution in [0.3, 0.4) is 0 Å². The topological polar surface area (TPSA) is 3.24 Å². The Kier molecular flexibility index (Phi) is 4.27. The van der Waals surface area contributed by atoms with Crippen LogP contribution in [0.1, 0.15) is 25.8 Å². The minimum absolute atomic E-state index is 1.01. The minimum Gasteiger partial charge on any atom is -0.340 e. The monoisotopic (exact) mass is 351 g/mol. The first kappa shape index (κ1) is 13.4. The van der Waals surface area contributed by atoms with Crippen LogP contribution in [-0.4, -0.2) is 11.4 Å². The second-order valence-electron chi connectivity index (χ2n) is 4.49. The third kappa shape index (κ3) is 2.53. The van der Waals surface area contributed by atoms with Crippen molar-refractivity contribution in [3.63, 3.8) is 0 Å². The standard InChI is InChI=1S/C16H18IN/c1-4-10-18-13(3)15(17)11-12(2)16(18)14-8-6-5-7-9-14/h5-9,11H,3-4,10H2,1-2H3. The average Bonchev–Trinajstić information content (AvgIpc) is 2.37. The number of rotatable bonds is 3. The number of hydrogen-bond acceptors (Lipinski definition) is 1. The van der Waals surface area contributed by atoms with Crippen molar-refractivity contribution in [2.45, 2.75) is 20.3 Å². The van der Waals surface area contributed by atoms with E-state index in [0.717, 1.165) is 18.7 Å². The molecule has 1 aliphatic rings. The van der Waals surface area contributed by atoms with Crippen LogP contribution in [0.15, 0.2) is 57.8 Å². The lowest BCUT2D eigenvalue weighted by atomic mass is 10.0. The van der Waals surface area contributed by atoms with Crippen LogP contribution >= 0.6 is 22.6 Å². The normalized spacial score (nSPS) is 16.1. The van der Waals surface area contributed by atoms with Gasteiger partial charge in [-0.2, -0.15) is 0 Å². The Bertz CT molecular complexity index is 511. The van der Waals surface area contributed by atoms with E-state index in [1.807, 2.05) is 0 Å². The van der Waals surface area contributed by atoms with Crippen LogP contribution in [0.5, 0.6) is 0 Å². The highest BCUT2D eigenvalue weighted by Gasteiger charge is 2.21. The van der Waals surface area contributed by atoms with Gasteiger partial charge in [-0.25, -0.2) is 0 Å². The molecule has 0 aliphatic carbocycles. The van der Waals surface area contributed by atoms with Gasteiger partial charge in [0.15, 0.2) is 0 Å². The van der Waals surface area contributed by atoms with Crippen molar-refractivity contribution in [3.8, 4) is 0 Å². The molecule has 0 N–H and O–H groups in total. The molecule has 1 nitrogen and oxygen atoms in total. The van der Waals surface area contributed by atoms with Crippen LogP contribution in [0.2, 0.25) is 0 Å². The van der Waals surface area contributed by atoms with Gasteiger partial charge in [0.2, 0.25) is 0 Å². The number of halogens is 1. The van der Waals surface area contributed by atoms with E-state index in [1.54, 1.807) is 0 Å². The Morgan fingerprint density at radius 1 is 1.22 bits per heavy atom. The smallest absolute Gasteiger partial charge is 0.0514 e. The van der Waals surface area contributed by atoms with Gasteiger partial charge in [-0.1, -0.05) is 43.8 Å². The Balaban J connectivity index is 2.52. The van der Waals surface area contributed by atoms with Crippen molar-refractivity contribution in [2.75, 3.05) is 6.54 Å². The van der Waals surface area contributed by atoms with E-state index in [9.17, 15) is 0 Å². The molecular weight excluding hydrogens is 333 g/mol. The van der Waals surface area contributed by atoms with Gasteiger partial charge < -0.3 is 4.90 Å². The van der Waals surface area contributed by atoms with Gasteiger partial charge in [-0.3, -0.25) is 0 Å². The summed E-state index contributed by atoms with van der Waals surface area (Å²) in [7, 11) is 0. The van der Waals surface area contributed by atoms with Crippen molar-refractivity contribution in [2.24, 2.45) is 0 Å². The van der Waals surface area contributed by atoms with E-state index in [0.29, 0.717) is 0 Å². The third-order valence-electron chi connectivity index (χ3n) is 3.08. The van der Waals surface area contributed by atoms with E-state index in [2.05, 4.69) is 84.3 Å². The quantitative estimate of drug-likeness (QED) is 0.695. The summed E-state index contributed by atoms with van der Waals surface area (Å²) in [5, 5.41) is 0. The Labute approximate surface area is 123 Å². The van der Waals surface area contributed by atoms with Crippen LogP contribution < -0.4 is 0 Å². The van der Waals surface area contributed by atoms with E-state index in [1.165, 1.54) is 20.4 Å². The van der Waals surface area contributed by atoms with Crippen molar-refractivity contribution in [1.29, 1.82) is 0 Å². The average molecular weight is 351 g/mol. The number of benzene rings is 1. The van der Waals surface area contributed by atoms with Gasteiger partial charge in [0, 0.05) is 15.8 Å². The van der Waals surface area contributed by atoms with Crippen molar-refractivity contribution >= 4 is 28.3 Å². The highest BCUT2D eigenvalue weighted by Crippen LogP contribution is 2.36. The summed E-state index contributed by atoms with van der Waals surface area (Å²) in [4.78, 5) is 2.34. The van der Waals surface area contributed by atoms with Crippen LogP contribution in [0, 0.1) is 0 Å². The number of nitrogens with zero attached hydrogens (tertiary/aromatic N) is 1. The Hall–Kier alpha value is -1.03. The zero-order valence-corrected chi connectivity index (χ0v) is 13.1. The van der Waals surface area contributed by atoms with Crippen molar-refractivity contribution in [1.82, 2.24) is 4.90 Å². The molecule has 94 valence electrons. The fourth-order valence-electron chi connectivity index (χ4n) is 2.27. The van der Waals surface area contributed by atoms with Gasteiger partial charge in [-0.05, 0) is 53.1 Å². The molecule has 0 aromatic heterocycles. The molecule has 1 aromatic carbocycles. The summed E-state index contributed by atoms with van der Waals surface area (Å²) in [6.45, 7) is 9.62. The highest BCUT2D eigenvalue weighted by atomic mass is 127. The van der Waals surface area contributed by atoms with Crippen LogP contribution in [0.4, 0.5) is 0 Å². The first-order valence-corrected chi connectivity index (χ1v) is 7.33. The van der Waals surface area contributed by atoms with Gasteiger partial charge in [-0.15, -0.1) is 0 Å². The summed E-state index contributed by atoms with van der Waals surface area (Å²) in [5.74, 6) is 0. The first-order valence-electron chi connectivity index (χ1n) is 6.25. The Morgan fingerprint density at radius 3 is 2.50 bits per heavy atom. The summed E-state index contributed by atoms with van der Waals surface area (Å²) in [5.41, 5.74) is 4.99. The first-order chi connectivity index (χ1) is 8.65. The van der Waals surface area contributed by atoms with Gasteiger partial charge >= 0.3 is 0 Å². The molecule has 0 saturated carbocycles. The van der Waals surface area contributed by atoms with Crippen molar-refractivity contribution in [3.05, 3.63) is 63.4 Å². The molecule has 1 heterocycles. The molecule has 0 bridgehead atoms. The Morgan fingerprint density at radius 2 is 1.89 bits per heavy atom. The summed E-state index contributed by atoms with van der Waals surface area (Å²) >= 11 is 2.37. The maximum Gasteiger partial charge on any atom is 0.0514 e. The zero-order chi connectivity index (χ0) is 13.1. The lowest BCUT2D eigenvalue weighted by Crippen LogP contribution is -2.25. The molecule has 0 amide bonds. The predicted molar refractivity (Wildman–Crippen MR) is 87.3 cm³/mol. The minimum atomic E-state index is 1.01. The van der Waals surface area contributed by atoms with Gasteiger partial charge in [0.05, 0.1) is 5.70 Å². The predicted octanol–water partition coefficient (Wildman–Crippen LogP) is 4.98. The second kappa shape index (κ2) is 5.74. The lowest BCUT2D eigenvalue weighted by molar-refractivity contribution is 0.493. The van der Waals surface area contributed by atoms with Gasteiger partial charge in [0.1, 0.15) is 0 Å². The molecule has 2 rings (SSSR count). The number of allylic oxidation sites excluding steroid dienone is 3. The molecule has 0 atom stereocenters. The fraction of sp³-hybridized carbons (Fsp3) is 0.250. The summed E-state index contributed by atoms with van der Waals surface area (Å²) in [6, 6.07) is 10.6. The van der Waals surface area contributed by atoms with Crippen LogP contribution in [-0.2, 0) is 0 Å². The molecular formula is C16H18IN. The molecule has 0 spiro atoms. The maximum absolute atomic E-state index is 4.22. The van der Waals surface area contributed by atoms with Crippen molar-refractivity contribution < 1.29 is 0 Å². The molecule has 2 heteroatoms. The molecule has 0 radical (unpaired) electrons. The summed E-state index contributed by atoms with van der Waals surface area (Å²) in [6.07, 6.45) is 3.34. The summed E-state index contributed by atoms with van der Waals surface area (Å²) < 4.78 is 1.23. The van der Waals surface area contributed by atoms with Gasteiger partial charge in [0.25, 0.3) is 0 Å². The molecule has 1 aliphatic heterocycles. The van der Waals surface area contributed by atoms with E-state index < -0.39 is 0 Å². The lowest BCUT2D eigenvalue weighted by Gasteiger charge is -2.33. The maximum atomic E-state index is 4.22. The molecule has 0 fully saturated rings. The molecule has 0 saturated heterocycles. The zero-order valence-electron chi connectivity index (χ0n) is 10.9. The number of hydrogen-bond donors (Lipinski definition) is 0. The van der Waals surface area contributed by atoms with Crippen LogP contribution in [0.25, 0.3) is 5.70 Å². The second-order valence-corrected chi connectivity index (χ2v) is 5.65. The molecule has 1 aromatic rings.